The summed E-state index contributed by atoms with van der Waals surface area (Å²) in [5, 5.41) is 10.3. The summed E-state index contributed by atoms with van der Waals surface area (Å²) in [6.45, 7) is 2.11. The first-order valence-electron chi connectivity index (χ1n) is 15.3. The van der Waals surface area contributed by atoms with Crippen molar-refractivity contribution in [2.45, 2.75) is 81.8 Å². The van der Waals surface area contributed by atoms with Crippen molar-refractivity contribution < 1.29 is 28.7 Å². The minimum absolute atomic E-state index is 0.0615. The van der Waals surface area contributed by atoms with E-state index in [-0.39, 0.29) is 23.3 Å². The molecule has 1 N–H and O–H groups in total. The minimum atomic E-state index is -0.464. The van der Waals surface area contributed by atoms with Crippen LogP contribution in [-0.2, 0) is 5.41 Å². The maximum atomic E-state index is 12.5. The molecule has 0 saturated heterocycles. The Morgan fingerprint density at radius 3 is 2.39 bits per heavy atom. The average Bonchev–Trinajstić information content (AvgIpc) is 3.37. The number of benzene rings is 2. The zero-order chi connectivity index (χ0) is 28.4. The third-order valence-corrected chi connectivity index (χ3v) is 9.17. The van der Waals surface area contributed by atoms with Gasteiger partial charge in [0, 0.05) is 30.5 Å². The molecule has 0 radical (unpaired) electrons. The van der Waals surface area contributed by atoms with Crippen molar-refractivity contribution in [2.24, 2.45) is 0 Å². The molecule has 41 heavy (non-hydrogen) atoms. The number of ether oxygens (including phenoxy) is 2. The van der Waals surface area contributed by atoms with E-state index in [2.05, 4.69) is 30.0 Å². The highest BCUT2D eigenvalue weighted by Crippen LogP contribution is 2.54. The van der Waals surface area contributed by atoms with Gasteiger partial charge in [-0.15, -0.1) is 0 Å². The highest BCUT2D eigenvalue weighted by Gasteiger charge is 2.53. The topological polar surface area (TPSA) is 79.1 Å². The van der Waals surface area contributed by atoms with E-state index in [4.69, 9.17) is 9.47 Å². The van der Waals surface area contributed by atoms with Crippen molar-refractivity contribution in [3.8, 4) is 11.5 Å². The molecule has 3 atom stereocenters. The molecule has 0 bridgehead atoms. The van der Waals surface area contributed by atoms with Crippen molar-refractivity contribution in [3.63, 3.8) is 0 Å². The molecule has 4 aliphatic rings. The van der Waals surface area contributed by atoms with Crippen LogP contribution in [0.2, 0.25) is 0 Å². The van der Waals surface area contributed by atoms with Crippen molar-refractivity contribution in [3.05, 3.63) is 70.8 Å². The second-order valence-corrected chi connectivity index (χ2v) is 12.0. The van der Waals surface area contributed by atoms with Gasteiger partial charge >= 0.3 is 0 Å². The summed E-state index contributed by atoms with van der Waals surface area (Å²) in [7, 11) is 2.11. The van der Waals surface area contributed by atoms with E-state index in [1.165, 1.54) is 35.3 Å². The molecule has 0 saturated carbocycles. The van der Waals surface area contributed by atoms with Crippen LogP contribution in [0.3, 0.4) is 0 Å². The molecule has 2 aromatic rings. The van der Waals surface area contributed by atoms with Gasteiger partial charge in [-0.1, -0.05) is 62.8 Å². The number of rotatable bonds is 12. The quantitative estimate of drug-likeness (QED) is 0.167. The summed E-state index contributed by atoms with van der Waals surface area (Å²) in [5.41, 5.74) is 3.26. The molecule has 2 amide bonds. The number of nitrogens with zero attached hydrogens (tertiary/aromatic N) is 2. The summed E-state index contributed by atoms with van der Waals surface area (Å²) in [5.74, 6) is 1.37. The first-order chi connectivity index (χ1) is 20.0. The Bertz CT molecular complexity index is 1350. The van der Waals surface area contributed by atoms with Crippen LogP contribution in [0.1, 0.15) is 96.1 Å². The van der Waals surface area contributed by atoms with Crippen LogP contribution < -0.4 is 9.47 Å². The minimum Gasteiger partial charge on any atom is -0.490 e. The first kappa shape index (κ1) is 27.7. The van der Waals surface area contributed by atoms with Gasteiger partial charge in [-0.2, -0.15) is 0 Å². The van der Waals surface area contributed by atoms with Gasteiger partial charge < -0.3 is 14.6 Å². The fourth-order valence-corrected chi connectivity index (χ4v) is 6.92. The van der Waals surface area contributed by atoms with Crippen LogP contribution in [0.25, 0.3) is 0 Å². The molecule has 1 spiro atoms. The fourth-order valence-electron chi connectivity index (χ4n) is 6.92. The molecule has 1 aliphatic carbocycles. The lowest BCUT2D eigenvalue weighted by molar-refractivity contribution is -0.493. The lowest BCUT2D eigenvalue weighted by Crippen LogP contribution is -2.42. The Kier molecular flexibility index (Phi) is 7.98. The highest BCUT2D eigenvalue weighted by atomic mass is 16.5. The number of carbonyl (C=O) groups is 2. The molecule has 0 unspecified atom stereocenters. The fraction of sp³-hybridized carbons (Fsp3) is 0.500. The standard InChI is InChI=1S/C34H41N2O5/c1-35-20-18-34-17-16-25(37)22-29(34)41-31-28(15-14-24(23-35)30(31)34)40-21-11-7-5-3-2-4-6-10-19-36-32(38)26-12-8-9-13-27(26)33(36)39/h8-9,12-17,23,25,29,37H,2-7,10-11,18-22H2,1H3/q+1/t25-,29-,34-/m0/s1. The maximum absolute atomic E-state index is 12.5. The largest absolute Gasteiger partial charge is 0.490 e. The van der Waals surface area contributed by atoms with Gasteiger partial charge in [-0.3, -0.25) is 14.5 Å². The Labute approximate surface area is 242 Å². The van der Waals surface area contributed by atoms with E-state index in [0.29, 0.717) is 30.7 Å². The van der Waals surface area contributed by atoms with Gasteiger partial charge in [-0.25, -0.2) is 4.58 Å². The lowest BCUT2D eigenvalue weighted by Gasteiger charge is -2.34. The molecule has 3 heterocycles. The molecule has 7 nitrogen and oxygen atoms in total. The van der Waals surface area contributed by atoms with Crippen molar-refractivity contribution >= 4 is 18.0 Å². The number of carbonyl (C=O) groups excluding carboxylic acids is 2. The summed E-state index contributed by atoms with van der Waals surface area (Å²) >= 11 is 0. The predicted octanol–water partition coefficient (Wildman–Crippen LogP) is 5.27. The van der Waals surface area contributed by atoms with Gasteiger partial charge in [0.15, 0.2) is 17.7 Å². The van der Waals surface area contributed by atoms with Crippen LogP contribution >= 0.6 is 0 Å². The van der Waals surface area contributed by atoms with Crippen molar-refractivity contribution in [1.82, 2.24) is 4.90 Å². The Morgan fingerprint density at radius 1 is 0.976 bits per heavy atom. The molecule has 6 rings (SSSR count). The van der Waals surface area contributed by atoms with Crippen LogP contribution in [-0.4, -0.2) is 71.6 Å². The van der Waals surface area contributed by atoms with E-state index in [0.717, 1.165) is 56.6 Å². The average molecular weight is 558 g/mol. The summed E-state index contributed by atoms with van der Waals surface area (Å²) in [4.78, 5) is 26.3. The Balaban J connectivity index is 0.905. The second-order valence-electron chi connectivity index (χ2n) is 12.0. The van der Waals surface area contributed by atoms with Crippen LogP contribution in [0.5, 0.6) is 11.5 Å². The Morgan fingerprint density at radius 2 is 1.66 bits per heavy atom. The highest BCUT2D eigenvalue weighted by molar-refractivity contribution is 6.21. The number of aliphatic hydroxyl groups is 1. The number of hydrogen-bond acceptors (Lipinski definition) is 5. The van der Waals surface area contributed by atoms with Crippen LogP contribution in [0.4, 0.5) is 0 Å². The zero-order valence-corrected chi connectivity index (χ0v) is 24.0. The summed E-state index contributed by atoms with van der Waals surface area (Å²) < 4.78 is 15.0. The van der Waals surface area contributed by atoms with E-state index < -0.39 is 6.10 Å². The molecule has 7 heteroatoms. The number of amides is 2. The molecule has 0 fully saturated rings. The van der Waals surface area contributed by atoms with E-state index >= 15 is 0 Å². The molecule has 0 aromatic heterocycles. The molecular formula is C34H41N2O5+. The second kappa shape index (κ2) is 11.8. The van der Waals surface area contributed by atoms with Gasteiger partial charge in [0.1, 0.15) is 19.7 Å². The van der Waals surface area contributed by atoms with Crippen molar-refractivity contribution in [1.29, 1.82) is 0 Å². The first-order valence-corrected chi connectivity index (χ1v) is 15.3. The number of aliphatic hydroxyl groups excluding tert-OH is 1. The monoisotopic (exact) mass is 557 g/mol. The lowest BCUT2D eigenvalue weighted by atomic mass is 9.69. The van der Waals surface area contributed by atoms with Crippen molar-refractivity contribution in [2.75, 3.05) is 26.7 Å². The van der Waals surface area contributed by atoms with Gasteiger partial charge in [-0.05, 0) is 37.1 Å². The van der Waals surface area contributed by atoms with E-state index in [9.17, 15) is 14.7 Å². The number of fused-ring (bicyclic) bond motifs is 1. The maximum Gasteiger partial charge on any atom is 0.261 e. The van der Waals surface area contributed by atoms with Crippen LogP contribution in [0.15, 0.2) is 48.6 Å². The third-order valence-electron chi connectivity index (χ3n) is 9.17. The zero-order valence-electron chi connectivity index (χ0n) is 24.0. The SMILES string of the molecule is C[N+]1=Cc2ccc(OCCCCCCCCCCN3C(=O)c4ccccc4C3=O)c3c2[C@@]2(C=C[C@H](O)C[C@@H]2O3)CC1. The number of unbranched alkanes of at least 4 members (excludes halogenated alkanes) is 7. The molecular weight excluding hydrogens is 516 g/mol. The molecule has 3 aliphatic heterocycles. The van der Waals surface area contributed by atoms with Gasteiger partial charge in [0.2, 0.25) is 0 Å². The van der Waals surface area contributed by atoms with Crippen LogP contribution in [0, 0.1) is 0 Å². The van der Waals surface area contributed by atoms with E-state index in [1.54, 1.807) is 24.3 Å². The summed E-state index contributed by atoms with van der Waals surface area (Å²) in [6.07, 6.45) is 16.0. The van der Waals surface area contributed by atoms with Gasteiger partial charge in [0.05, 0.1) is 29.3 Å². The third kappa shape index (κ3) is 5.32. The number of imide groups is 1. The summed E-state index contributed by atoms with van der Waals surface area (Å²) in [6, 6.07) is 11.3. The van der Waals surface area contributed by atoms with Gasteiger partial charge in [0.25, 0.3) is 11.8 Å². The molecule has 216 valence electrons. The number of hydrogen-bond donors (Lipinski definition) is 1. The normalized spacial score (nSPS) is 24.0. The smallest absolute Gasteiger partial charge is 0.261 e. The predicted molar refractivity (Wildman–Crippen MR) is 157 cm³/mol. The molecule has 2 aromatic carbocycles. The Hall–Kier alpha value is -3.45. The van der Waals surface area contributed by atoms with E-state index in [1.807, 2.05) is 12.1 Å².